The van der Waals surface area contributed by atoms with Crippen molar-refractivity contribution in [3.05, 3.63) is 50.9 Å². The summed E-state index contributed by atoms with van der Waals surface area (Å²) in [5.74, 6) is -0.518. The normalized spacial score (nSPS) is 10.1. The van der Waals surface area contributed by atoms with Gasteiger partial charge in [0.25, 0.3) is 0 Å². The van der Waals surface area contributed by atoms with Gasteiger partial charge in [0.15, 0.2) is 0 Å². The zero-order valence-corrected chi connectivity index (χ0v) is 13.3. The number of anilines is 1. The van der Waals surface area contributed by atoms with Gasteiger partial charge in [0.1, 0.15) is 11.9 Å². The molecule has 0 aliphatic heterocycles. The van der Waals surface area contributed by atoms with E-state index in [4.69, 9.17) is 16.9 Å². The zero-order chi connectivity index (χ0) is 16.1. The summed E-state index contributed by atoms with van der Waals surface area (Å²) in [5.41, 5.74) is 0.375. The summed E-state index contributed by atoms with van der Waals surface area (Å²) in [6.07, 6.45) is 0. The number of halogens is 2. The van der Waals surface area contributed by atoms with Gasteiger partial charge < -0.3 is 10.2 Å². The number of benzene rings is 1. The number of nitrogens with zero attached hydrogens (tertiary/aromatic N) is 2. The molecule has 0 atom stereocenters. The van der Waals surface area contributed by atoms with Gasteiger partial charge in [0.05, 0.1) is 22.1 Å². The van der Waals surface area contributed by atoms with E-state index in [1.807, 2.05) is 19.1 Å². The van der Waals surface area contributed by atoms with Crippen molar-refractivity contribution >= 4 is 34.7 Å². The van der Waals surface area contributed by atoms with Crippen LogP contribution < -0.4 is 5.32 Å². The molecule has 0 fully saturated rings. The second-order valence-corrected chi connectivity index (χ2v) is 6.25. The third-order valence-corrected chi connectivity index (χ3v) is 4.20. The van der Waals surface area contributed by atoms with E-state index in [0.29, 0.717) is 17.4 Å². The lowest BCUT2D eigenvalue weighted by Crippen LogP contribution is -2.34. The number of hydrogen-bond donors (Lipinski definition) is 1. The maximum absolute atomic E-state index is 13.1. The van der Waals surface area contributed by atoms with Crippen molar-refractivity contribution in [2.24, 2.45) is 0 Å². The van der Waals surface area contributed by atoms with Gasteiger partial charge in [-0.05, 0) is 37.3 Å². The van der Waals surface area contributed by atoms with E-state index >= 15 is 0 Å². The first kappa shape index (κ1) is 16.3. The van der Waals surface area contributed by atoms with Crippen molar-refractivity contribution in [3.8, 4) is 6.07 Å². The van der Waals surface area contributed by atoms with E-state index in [1.54, 1.807) is 11.0 Å². The maximum atomic E-state index is 13.1. The minimum absolute atomic E-state index is 0.0866. The van der Waals surface area contributed by atoms with Gasteiger partial charge in [-0.3, -0.25) is 0 Å². The average Bonchev–Trinajstić information content (AvgIpc) is 2.91. The van der Waals surface area contributed by atoms with Crippen LogP contribution in [-0.2, 0) is 6.54 Å². The number of nitriles is 1. The number of carbonyl (C=O) groups is 1. The van der Waals surface area contributed by atoms with Gasteiger partial charge >= 0.3 is 6.03 Å². The van der Waals surface area contributed by atoms with E-state index in [1.165, 1.54) is 23.5 Å². The summed E-state index contributed by atoms with van der Waals surface area (Å²) < 4.78 is 13.8. The second-order valence-electron chi connectivity index (χ2n) is 4.45. The number of nitrogens with one attached hydrogen (secondary N) is 1. The van der Waals surface area contributed by atoms with Crippen molar-refractivity contribution in [3.63, 3.8) is 0 Å². The monoisotopic (exact) mass is 337 g/mol. The fraction of sp³-hybridized carbons (Fsp3) is 0.200. The summed E-state index contributed by atoms with van der Waals surface area (Å²) in [7, 11) is 0. The molecule has 7 heteroatoms. The summed E-state index contributed by atoms with van der Waals surface area (Å²) in [5, 5.41) is 11.6. The molecule has 0 bridgehead atoms. The molecule has 22 heavy (non-hydrogen) atoms. The molecule has 0 saturated carbocycles. The Morgan fingerprint density at radius 3 is 2.82 bits per heavy atom. The number of hydrogen-bond acceptors (Lipinski definition) is 3. The molecule has 0 radical (unpaired) electrons. The average molecular weight is 338 g/mol. The van der Waals surface area contributed by atoms with Crippen molar-refractivity contribution < 1.29 is 9.18 Å². The summed E-state index contributed by atoms with van der Waals surface area (Å²) >= 11 is 7.29. The molecule has 1 heterocycles. The first-order valence-electron chi connectivity index (χ1n) is 6.53. The molecule has 2 rings (SSSR count). The molecule has 114 valence electrons. The van der Waals surface area contributed by atoms with Gasteiger partial charge in [-0.2, -0.15) is 5.26 Å². The predicted octanol–water partition coefficient (Wildman–Crippen LogP) is 4.47. The Bertz CT molecular complexity index is 726. The fourth-order valence-electron chi connectivity index (χ4n) is 1.86. The summed E-state index contributed by atoms with van der Waals surface area (Å²) in [6.45, 7) is 2.76. The molecule has 0 aliphatic carbocycles. The summed E-state index contributed by atoms with van der Waals surface area (Å²) in [6, 6.07) is 8.82. The Morgan fingerprint density at radius 1 is 1.45 bits per heavy atom. The Balaban J connectivity index is 2.11. The molecule has 2 amide bonds. The standard InChI is InChI=1S/C15H13ClFN3OS/c1-2-20(9-12-4-6-14(16)22-12)15(21)19-13-5-3-11(17)7-10(13)8-18/h3-7H,2,9H2,1H3,(H,19,21). The van der Waals surface area contributed by atoms with Crippen molar-refractivity contribution in [1.29, 1.82) is 5.26 Å². The van der Waals surface area contributed by atoms with Gasteiger partial charge in [0, 0.05) is 11.4 Å². The van der Waals surface area contributed by atoms with Crippen LogP contribution in [0.1, 0.15) is 17.4 Å². The highest BCUT2D eigenvalue weighted by Gasteiger charge is 2.15. The van der Waals surface area contributed by atoms with Crippen LogP contribution >= 0.6 is 22.9 Å². The molecular formula is C15H13ClFN3OS. The third kappa shape index (κ3) is 3.97. The molecule has 0 saturated heterocycles. The largest absolute Gasteiger partial charge is 0.322 e. The number of carbonyl (C=O) groups excluding carboxylic acids is 1. The Hall–Kier alpha value is -2.10. The van der Waals surface area contributed by atoms with E-state index < -0.39 is 5.82 Å². The van der Waals surface area contributed by atoms with Gasteiger partial charge in [-0.15, -0.1) is 11.3 Å². The number of urea groups is 1. The van der Waals surface area contributed by atoms with Gasteiger partial charge in [-0.25, -0.2) is 9.18 Å². The Kier molecular flexibility index (Phi) is 5.36. The molecule has 2 aromatic rings. The molecule has 0 spiro atoms. The van der Waals surface area contributed by atoms with Crippen LogP contribution in [0.4, 0.5) is 14.9 Å². The minimum atomic E-state index is -0.518. The SMILES string of the molecule is CCN(Cc1ccc(Cl)s1)C(=O)Nc1ccc(F)cc1C#N. The van der Waals surface area contributed by atoms with Crippen LogP contribution in [0.5, 0.6) is 0 Å². The summed E-state index contributed by atoms with van der Waals surface area (Å²) in [4.78, 5) is 14.8. The highest BCUT2D eigenvalue weighted by atomic mass is 35.5. The highest BCUT2D eigenvalue weighted by Crippen LogP contribution is 2.23. The van der Waals surface area contributed by atoms with E-state index in [2.05, 4.69) is 5.32 Å². The number of amides is 2. The Morgan fingerprint density at radius 2 is 2.23 bits per heavy atom. The topological polar surface area (TPSA) is 56.1 Å². The quantitative estimate of drug-likeness (QED) is 0.895. The smallest absolute Gasteiger partial charge is 0.320 e. The van der Waals surface area contributed by atoms with E-state index in [-0.39, 0.29) is 17.3 Å². The molecule has 1 N–H and O–H groups in total. The molecule has 4 nitrogen and oxygen atoms in total. The Labute approximate surface area is 136 Å². The lowest BCUT2D eigenvalue weighted by Gasteiger charge is -2.21. The third-order valence-electron chi connectivity index (χ3n) is 2.99. The van der Waals surface area contributed by atoms with Gasteiger partial charge in [-0.1, -0.05) is 11.6 Å². The lowest BCUT2D eigenvalue weighted by atomic mass is 10.2. The second kappa shape index (κ2) is 7.25. The first-order chi connectivity index (χ1) is 10.5. The van der Waals surface area contributed by atoms with Crippen molar-refractivity contribution in [2.75, 3.05) is 11.9 Å². The van der Waals surface area contributed by atoms with Crippen LogP contribution in [0.25, 0.3) is 0 Å². The van der Waals surface area contributed by atoms with Crippen molar-refractivity contribution in [1.82, 2.24) is 4.90 Å². The van der Waals surface area contributed by atoms with E-state index in [0.717, 1.165) is 10.9 Å². The lowest BCUT2D eigenvalue weighted by molar-refractivity contribution is 0.212. The molecule has 1 aromatic heterocycles. The van der Waals surface area contributed by atoms with Gasteiger partial charge in [0.2, 0.25) is 0 Å². The predicted molar refractivity (Wildman–Crippen MR) is 85.5 cm³/mol. The minimum Gasteiger partial charge on any atom is -0.320 e. The highest BCUT2D eigenvalue weighted by molar-refractivity contribution is 7.16. The first-order valence-corrected chi connectivity index (χ1v) is 7.72. The zero-order valence-electron chi connectivity index (χ0n) is 11.8. The van der Waals surface area contributed by atoms with Crippen LogP contribution in [-0.4, -0.2) is 17.5 Å². The number of thiophene rings is 1. The molecule has 1 aromatic carbocycles. The van der Waals surface area contributed by atoms with Crippen LogP contribution in [0.15, 0.2) is 30.3 Å². The molecule has 0 aliphatic rings. The van der Waals surface area contributed by atoms with Crippen LogP contribution in [0.2, 0.25) is 4.34 Å². The number of rotatable bonds is 4. The molecule has 0 unspecified atom stereocenters. The maximum Gasteiger partial charge on any atom is 0.322 e. The van der Waals surface area contributed by atoms with Crippen LogP contribution in [0, 0.1) is 17.1 Å². The molecular weight excluding hydrogens is 325 g/mol. The fourth-order valence-corrected chi connectivity index (χ4v) is 2.97. The van der Waals surface area contributed by atoms with Crippen molar-refractivity contribution in [2.45, 2.75) is 13.5 Å². The van der Waals surface area contributed by atoms with E-state index in [9.17, 15) is 9.18 Å². The van der Waals surface area contributed by atoms with Crippen LogP contribution in [0.3, 0.4) is 0 Å².